The molecule has 4 rings (SSSR count). The number of para-hydroxylation sites is 1. The molecule has 0 atom stereocenters. The van der Waals surface area contributed by atoms with Crippen LogP contribution in [0.1, 0.15) is 13.3 Å². The second kappa shape index (κ2) is 8.06. The highest BCUT2D eigenvalue weighted by Crippen LogP contribution is 2.23. The molecule has 3 N–H and O–H groups in total. The SMILES string of the molecule is Nc1ncc(-c2ccc(N3CCOCC3)cc2)nc1C(=O)Nc1ccccc1.[HH].[HH]. The fraction of sp³-hybridized carbons (Fsp3) is 0.190. The molecule has 146 valence electrons. The van der Waals surface area contributed by atoms with Crippen LogP contribution in [0.5, 0.6) is 0 Å². The molecule has 1 saturated heterocycles. The maximum Gasteiger partial charge on any atom is 0.278 e. The van der Waals surface area contributed by atoms with Gasteiger partial charge >= 0.3 is 0 Å². The molecule has 0 aliphatic carbocycles. The van der Waals surface area contributed by atoms with Crippen molar-refractivity contribution in [2.75, 3.05) is 42.3 Å². The number of anilines is 3. The van der Waals surface area contributed by atoms with Gasteiger partial charge in [0.05, 0.1) is 25.1 Å². The summed E-state index contributed by atoms with van der Waals surface area (Å²) in [6.45, 7) is 3.24. The number of nitrogens with one attached hydrogen (secondary N) is 1. The molecule has 1 fully saturated rings. The summed E-state index contributed by atoms with van der Waals surface area (Å²) in [5.41, 5.74) is 9.28. The number of hydrogen-bond donors (Lipinski definition) is 2. The van der Waals surface area contributed by atoms with Crippen molar-refractivity contribution in [3.8, 4) is 11.3 Å². The molecule has 1 aliphatic rings. The van der Waals surface area contributed by atoms with E-state index >= 15 is 0 Å². The van der Waals surface area contributed by atoms with E-state index < -0.39 is 0 Å². The van der Waals surface area contributed by atoms with E-state index in [2.05, 4.69) is 20.2 Å². The van der Waals surface area contributed by atoms with Gasteiger partial charge in [-0.25, -0.2) is 9.97 Å². The largest absolute Gasteiger partial charge is 0.382 e. The number of morpholine rings is 1. The number of carbonyl (C=O) groups excluding carboxylic acids is 1. The molecule has 28 heavy (non-hydrogen) atoms. The second-order valence-corrected chi connectivity index (χ2v) is 6.46. The van der Waals surface area contributed by atoms with Crippen LogP contribution in [0.25, 0.3) is 11.3 Å². The van der Waals surface area contributed by atoms with Crippen molar-refractivity contribution in [3.05, 3.63) is 66.5 Å². The summed E-state index contributed by atoms with van der Waals surface area (Å²) < 4.78 is 5.39. The summed E-state index contributed by atoms with van der Waals surface area (Å²) in [5.74, 6) is -0.287. The summed E-state index contributed by atoms with van der Waals surface area (Å²) in [7, 11) is 0. The molecule has 1 aromatic heterocycles. The molecule has 1 amide bonds. The lowest BCUT2D eigenvalue weighted by Gasteiger charge is -2.28. The normalized spacial score (nSPS) is 13.9. The number of ether oxygens (including phenoxy) is 1. The molecule has 0 radical (unpaired) electrons. The third-order valence-corrected chi connectivity index (χ3v) is 4.59. The Morgan fingerprint density at radius 3 is 2.50 bits per heavy atom. The van der Waals surface area contributed by atoms with Gasteiger partial charge in [-0.3, -0.25) is 4.79 Å². The van der Waals surface area contributed by atoms with Gasteiger partial charge in [0.2, 0.25) is 0 Å². The summed E-state index contributed by atoms with van der Waals surface area (Å²) in [5, 5.41) is 2.79. The van der Waals surface area contributed by atoms with Crippen molar-refractivity contribution in [3.63, 3.8) is 0 Å². The Morgan fingerprint density at radius 1 is 1.07 bits per heavy atom. The number of rotatable bonds is 4. The minimum atomic E-state index is -0.386. The van der Waals surface area contributed by atoms with Gasteiger partial charge in [0.15, 0.2) is 11.5 Å². The van der Waals surface area contributed by atoms with Gasteiger partial charge in [-0.15, -0.1) is 0 Å². The molecule has 0 unspecified atom stereocenters. The number of nitrogens with two attached hydrogens (primary N) is 1. The predicted molar refractivity (Wildman–Crippen MR) is 114 cm³/mol. The van der Waals surface area contributed by atoms with Gasteiger partial charge < -0.3 is 20.7 Å². The summed E-state index contributed by atoms with van der Waals surface area (Å²) in [6, 6.07) is 17.2. The standard InChI is InChI=1S/C21H21N5O2.2H2/c22-20-19(21(27)24-16-4-2-1-3-5-16)25-18(14-23-20)15-6-8-17(9-7-15)26-10-12-28-13-11-26;;/h1-9,14H,10-13H2,(H2,22,23)(H,24,27);2*1H. The van der Waals surface area contributed by atoms with Crippen molar-refractivity contribution in [1.29, 1.82) is 0 Å². The Hall–Kier alpha value is -3.45. The van der Waals surface area contributed by atoms with Crippen LogP contribution in [0.4, 0.5) is 17.2 Å². The molecule has 0 bridgehead atoms. The first-order valence-corrected chi connectivity index (χ1v) is 9.13. The first-order valence-electron chi connectivity index (χ1n) is 9.13. The Labute approximate surface area is 166 Å². The van der Waals surface area contributed by atoms with Crippen molar-refractivity contribution < 1.29 is 12.4 Å². The summed E-state index contributed by atoms with van der Waals surface area (Å²) >= 11 is 0. The van der Waals surface area contributed by atoms with Crippen LogP contribution in [0.3, 0.4) is 0 Å². The van der Waals surface area contributed by atoms with Crippen LogP contribution in [0, 0.1) is 0 Å². The first-order chi connectivity index (χ1) is 13.7. The maximum absolute atomic E-state index is 12.6. The van der Waals surface area contributed by atoms with Crippen LogP contribution in [0.2, 0.25) is 0 Å². The number of benzene rings is 2. The molecule has 3 aromatic rings. The molecule has 0 saturated carbocycles. The minimum absolute atomic E-state index is 0. The van der Waals surface area contributed by atoms with Crippen molar-refractivity contribution in [2.24, 2.45) is 0 Å². The molecule has 2 aromatic carbocycles. The second-order valence-electron chi connectivity index (χ2n) is 6.46. The Bertz CT molecular complexity index is 965. The number of aromatic nitrogens is 2. The van der Waals surface area contributed by atoms with E-state index in [0.29, 0.717) is 11.4 Å². The van der Waals surface area contributed by atoms with E-state index in [-0.39, 0.29) is 20.3 Å². The zero-order chi connectivity index (χ0) is 19.3. The minimum Gasteiger partial charge on any atom is -0.382 e. The third-order valence-electron chi connectivity index (χ3n) is 4.59. The third kappa shape index (κ3) is 3.94. The molecule has 7 nitrogen and oxygen atoms in total. The van der Waals surface area contributed by atoms with Gasteiger partial charge in [0.1, 0.15) is 0 Å². The van der Waals surface area contributed by atoms with E-state index in [9.17, 15) is 4.79 Å². The van der Waals surface area contributed by atoms with Crippen LogP contribution in [-0.2, 0) is 4.74 Å². The van der Waals surface area contributed by atoms with Gasteiger partial charge in [0, 0.05) is 32.9 Å². The lowest BCUT2D eigenvalue weighted by Crippen LogP contribution is -2.36. The zero-order valence-corrected chi connectivity index (χ0v) is 15.3. The molecule has 1 aliphatic heterocycles. The quantitative estimate of drug-likeness (QED) is 0.722. The smallest absolute Gasteiger partial charge is 0.278 e. The van der Waals surface area contributed by atoms with Crippen molar-refractivity contribution >= 4 is 23.1 Å². The highest BCUT2D eigenvalue weighted by Gasteiger charge is 2.16. The summed E-state index contributed by atoms with van der Waals surface area (Å²) in [4.78, 5) is 23.5. The van der Waals surface area contributed by atoms with Gasteiger partial charge in [-0.2, -0.15) is 0 Å². The predicted octanol–water partition coefficient (Wildman–Crippen LogP) is 3.31. The van der Waals surface area contributed by atoms with E-state index in [4.69, 9.17) is 10.5 Å². The monoisotopic (exact) mass is 379 g/mol. The fourth-order valence-electron chi connectivity index (χ4n) is 3.08. The number of carbonyl (C=O) groups is 1. The Morgan fingerprint density at radius 2 is 1.79 bits per heavy atom. The summed E-state index contributed by atoms with van der Waals surface area (Å²) in [6.07, 6.45) is 1.58. The molecular weight excluding hydrogens is 354 g/mol. The van der Waals surface area contributed by atoms with Crippen LogP contribution >= 0.6 is 0 Å². The van der Waals surface area contributed by atoms with Crippen LogP contribution in [0.15, 0.2) is 60.8 Å². The van der Waals surface area contributed by atoms with Gasteiger partial charge in [0.25, 0.3) is 5.91 Å². The van der Waals surface area contributed by atoms with E-state index in [1.807, 2.05) is 42.5 Å². The lowest BCUT2D eigenvalue weighted by atomic mass is 10.1. The molecule has 7 heteroatoms. The fourth-order valence-corrected chi connectivity index (χ4v) is 3.08. The van der Waals surface area contributed by atoms with Crippen LogP contribution < -0.4 is 16.0 Å². The zero-order valence-electron chi connectivity index (χ0n) is 15.3. The van der Waals surface area contributed by atoms with Crippen molar-refractivity contribution in [2.45, 2.75) is 0 Å². The number of nitrogens with zero attached hydrogens (tertiary/aromatic N) is 3. The molecule has 2 heterocycles. The van der Waals surface area contributed by atoms with Crippen molar-refractivity contribution in [1.82, 2.24) is 9.97 Å². The number of nitrogen functional groups attached to an aromatic ring is 1. The Kier molecular flexibility index (Phi) is 5.16. The van der Waals surface area contributed by atoms with Gasteiger partial charge in [-0.1, -0.05) is 30.3 Å². The Balaban J connectivity index is 0.00000160. The lowest BCUT2D eigenvalue weighted by molar-refractivity contribution is 0.102. The van der Waals surface area contributed by atoms with E-state index in [1.54, 1.807) is 18.3 Å². The molecule has 0 spiro atoms. The highest BCUT2D eigenvalue weighted by atomic mass is 16.5. The average Bonchev–Trinajstić information content (AvgIpc) is 2.75. The highest BCUT2D eigenvalue weighted by molar-refractivity contribution is 6.05. The number of amides is 1. The average molecular weight is 379 g/mol. The maximum atomic E-state index is 12.6. The van der Waals surface area contributed by atoms with E-state index in [1.165, 1.54) is 0 Å². The molecular formula is C21H25N5O2. The van der Waals surface area contributed by atoms with Gasteiger partial charge in [-0.05, 0) is 24.3 Å². The number of hydrogen-bond acceptors (Lipinski definition) is 6. The van der Waals surface area contributed by atoms with Crippen LogP contribution in [-0.4, -0.2) is 42.2 Å². The first kappa shape index (κ1) is 17.9. The van der Waals surface area contributed by atoms with E-state index in [0.717, 1.165) is 37.6 Å². The topological polar surface area (TPSA) is 93.4 Å².